The van der Waals surface area contributed by atoms with Crippen molar-refractivity contribution in [3.8, 4) is 0 Å². The number of piperidine rings is 1. The smallest absolute Gasteiger partial charge is 0.224 e. The molecule has 0 atom stereocenters. The molecular formula is C23H37FN6O. The van der Waals surface area contributed by atoms with Crippen molar-refractivity contribution in [2.75, 3.05) is 70.3 Å². The predicted octanol–water partition coefficient (Wildman–Crippen LogP) is 1.91. The molecule has 3 rings (SSSR count). The highest BCUT2D eigenvalue weighted by Crippen LogP contribution is 2.17. The topological polar surface area (TPSA) is 63.2 Å². The zero-order chi connectivity index (χ0) is 21.9. The molecule has 2 aliphatic rings. The predicted molar refractivity (Wildman–Crippen MR) is 124 cm³/mol. The lowest BCUT2D eigenvalue weighted by Crippen LogP contribution is -2.49. The van der Waals surface area contributed by atoms with E-state index in [9.17, 15) is 9.18 Å². The Balaban J connectivity index is 1.35. The maximum absolute atomic E-state index is 13.1. The Morgan fingerprint density at radius 2 is 1.71 bits per heavy atom. The maximum Gasteiger partial charge on any atom is 0.224 e. The molecule has 31 heavy (non-hydrogen) atoms. The number of hydrogen-bond donors (Lipinski definition) is 2. The molecule has 0 aliphatic carbocycles. The van der Waals surface area contributed by atoms with Crippen molar-refractivity contribution in [1.82, 2.24) is 20.4 Å². The summed E-state index contributed by atoms with van der Waals surface area (Å²) >= 11 is 0. The fraction of sp³-hybridized carbons (Fsp3) is 0.652. The molecule has 0 saturated carbocycles. The third-order valence-electron chi connectivity index (χ3n) is 5.93. The Hall–Kier alpha value is -2.35. The van der Waals surface area contributed by atoms with Gasteiger partial charge in [-0.1, -0.05) is 6.42 Å². The molecule has 0 bridgehead atoms. The van der Waals surface area contributed by atoms with Crippen molar-refractivity contribution >= 4 is 17.6 Å². The number of nitrogens with zero attached hydrogens (tertiary/aromatic N) is 4. The molecule has 1 amide bonds. The van der Waals surface area contributed by atoms with Gasteiger partial charge < -0.3 is 25.3 Å². The molecule has 0 aromatic heterocycles. The van der Waals surface area contributed by atoms with Crippen LogP contribution in [-0.4, -0.2) is 87.1 Å². The molecule has 2 saturated heterocycles. The van der Waals surface area contributed by atoms with E-state index in [1.54, 1.807) is 12.1 Å². The second-order valence-electron chi connectivity index (χ2n) is 8.18. The van der Waals surface area contributed by atoms with Crippen LogP contribution in [0, 0.1) is 5.82 Å². The number of anilines is 1. The van der Waals surface area contributed by atoms with Crippen LogP contribution in [0.1, 0.15) is 32.6 Å². The Morgan fingerprint density at radius 1 is 1.00 bits per heavy atom. The van der Waals surface area contributed by atoms with Crippen molar-refractivity contribution in [3.05, 3.63) is 30.1 Å². The summed E-state index contributed by atoms with van der Waals surface area (Å²) in [6.45, 7) is 10.5. The van der Waals surface area contributed by atoms with Gasteiger partial charge >= 0.3 is 0 Å². The summed E-state index contributed by atoms with van der Waals surface area (Å²) in [6.07, 6.45) is 4.39. The monoisotopic (exact) mass is 432 g/mol. The second kappa shape index (κ2) is 12.5. The Bertz CT molecular complexity index is 697. The normalized spacial score (nSPS) is 18.2. The SMILES string of the molecule is CCNC(=NCCN1CCCCC1)NCCC(=O)N1CCN(c2ccc(F)cc2)CC1. The lowest BCUT2D eigenvalue weighted by atomic mass is 10.1. The molecule has 0 unspecified atom stereocenters. The van der Waals surface area contributed by atoms with Crippen LogP contribution in [-0.2, 0) is 4.79 Å². The van der Waals surface area contributed by atoms with Gasteiger partial charge in [-0.2, -0.15) is 0 Å². The first kappa shape index (κ1) is 23.3. The van der Waals surface area contributed by atoms with Gasteiger partial charge in [-0.15, -0.1) is 0 Å². The third kappa shape index (κ3) is 7.69. The minimum atomic E-state index is -0.225. The van der Waals surface area contributed by atoms with Gasteiger partial charge in [0.05, 0.1) is 6.54 Å². The Kier molecular flexibility index (Phi) is 9.39. The van der Waals surface area contributed by atoms with E-state index in [1.807, 2.05) is 11.8 Å². The molecule has 8 heteroatoms. The van der Waals surface area contributed by atoms with Crippen molar-refractivity contribution < 1.29 is 9.18 Å². The zero-order valence-electron chi connectivity index (χ0n) is 18.8. The first-order valence-electron chi connectivity index (χ1n) is 11.7. The summed E-state index contributed by atoms with van der Waals surface area (Å²) in [6, 6.07) is 6.55. The molecule has 0 spiro atoms. The van der Waals surface area contributed by atoms with E-state index in [0.717, 1.165) is 44.4 Å². The van der Waals surface area contributed by atoms with Crippen molar-refractivity contribution in [3.63, 3.8) is 0 Å². The third-order valence-corrected chi connectivity index (χ3v) is 5.93. The summed E-state index contributed by atoms with van der Waals surface area (Å²) < 4.78 is 13.1. The van der Waals surface area contributed by atoms with E-state index in [4.69, 9.17) is 0 Å². The van der Waals surface area contributed by atoms with Crippen molar-refractivity contribution in [1.29, 1.82) is 0 Å². The van der Waals surface area contributed by atoms with E-state index < -0.39 is 0 Å². The molecular weight excluding hydrogens is 395 g/mol. The average molecular weight is 433 g/mol. The number of rotatable bonds is 8. The van der Waals surface area contributed by atoms with Crippen LogP contribution in [0.2, 0.25) is 0 Å². The fourth-order valence-electron chi connectivity index (χ4n) is 4.14. The molecule has 1 aromatic rings. The number of carbonyl (C=O) groups is 1. The van der Waals surface area contributed by atoms with E-state index in [0.29, 0.717) is 26.1 Å². The number of amides is 1. The van der Waals surface area contributed by atoms with Crippen molar-refractivity contribution in [2.24, 2.45) is 4.99 Å². The first-order chi connectivity index (χ1) is 15.2. The van der Waals surface area contributed by atoms with E-state index in [-0.39, 0.29) is 11.7 Å². The highest BCUT2D eigenvalue weighted by atomic mass is 19.1. The van der Waals surface area contributed by atoms with Crippen LogP contribution >= 0.6 is 0 Å². The number of nitrogens with one attached hydrogen (secondary N) is 2. The van der Waals surface area contributed by atoms with Crippen LogP contribution in [0.4, 0.5) is 10.1 Å². The molecule has 0 radical (unpaired) electrons. The lowest BCUT2D eigenvalue weighted by molar-refractivity contribution is -0.131. The molecule has 2 aliphatic heterocycles. The van der Waals surface area contributed by atoms with Gasteiger partial charge in [0, 0.05) is 57.9 Å². The summed E-state index contributed by atoms with van der Waals surface area (Å²) in [5, 5.41) is 6.56. The standard InChI is InChI=1S/C23H37FN6O/c1-2-25-23(27-12-15-28-13-4-3-5-14-28)26-11-10-22(31)30-18-16-29(17-19-30)21-8-6-20(24)7-9-21/h6-9H,2-5,10-19H2,1H3,(H2,25,26,27). The van der Waals surface area contributed by atoms with Gasteiger partial charge in [0.15, 0.2) is 5.96 Å². The number of carbonyl (C=O) groups excluding carboxylic acids is 1. The number of benzene rings is 1. The zero-order valence-corrected chi connectivity index (χ0v) is 18.8. The van der Waals surface area contributed by atoms with Crippen LogP contribution in [0.5, 0.6) is 0 Å². The quantitative estimate of drug-likeness (QED) is 0.485. The molecule has 2 N–H and O–H groups in total. The maximum atomic E-state index is 13.1. The van der Waals surface area contributed by atoms with Crippen LogP contribution in [0.25, 0.3) is 0 Å². The Morgan fingerprint density at radius 3 is 2.39 bits per heavy atom. The minimum Gasteiger partial charge on any atom is -0.368 e. The van der Waals surface area contributed by atoms with E-state index in [1.165, 1.54) is 44.5 Å². The summed E-state index contributed by atoms with van der Waals surface area (Å²) in [7, 11) is 0. The van der Waals surface area contributed by atoms with Crippen LogP contribution < -0.4 is 15.5 Å². The average Bonchev–Trinajstić information content (AvgIpc) is 2.80. The number of likely N-dealkylation sites (tertiary alicyclic amines) is 1. The molecule has 1 aromatic carbocycles. The number of hydrogen-bond acceptors (Lipinski definition) is 4. The second-order valence-corrected chi connectivity index (χ2v) is 8.18. The summed E-state index contributed by atoms with van der Waals surface area (Å²) in [5.74, 6) is 0.723. The van der Waals surface area contributed by atoms with Crippen molar-refractivity contribution in [2.45, 2.75) is 32.6 Å². The highest BCUT2D eigenvalue weighted by Gasteiger charge is 2.21. The first-order valence-corrected chi connectivity index (χ1v) is 11.7. The number of guanidine groups is 1. The minimum absolute atomic E-state index is 0.162. The molecule has 172 valence electrons. The van der Waals surface area contributed by atoms with Gasteiger partial charge in [0.25, 0.3) is 0 Å². The Labute approximate surface area is 185 Å². The largest absolute Gasteiger partial charge is 0.368 e. The van der Waals surface area contributed by atoms with Gasteiger partial charge in [0.1, 0.15) is 5.82 Å². The van der Waals surface area contributed by atoms with Gasteiger partial charge in [-0.3, -0.25) is 9.79 Å². The van der Waals surface area contributed by atoms with Gasteiger partial charge in [-0.25, -0.2) is 4.39 Å². The summed E-state index contributed by atoms with van der Waals surface area (Å²) in [5.41, 5.74) is 1.01. The number of aliphatic imine (C=N–C) groups is 1. The van der Waals surface area contributed by atoms with Crippen LogP contribution in [0.3, 0.4) is 0 Å². The summed E-state index contributed by atoms with van der Waals surface area (Å²) in [4.78, 5) is 23.8. The fourth-order valence-corrected chi connectivity index (χ4v) is 4.14. The van der Waals surface area contributed by atoms with Crippen LogP contribution in [0.15, 0.2) is 29.3 Å². The lowest BCUT2D eigenvalue weighted by Gasteiger charge is -2.36. The molecule has 2 fully saturated rings. The number of piperazine rings is 1. The number of halogens is 1. The molecule has 2 heterocycles. The molecule has 7 nitrogen and oxygen atoms in total. The van der Waals surface area contributed by atoms with Gasteiger partial charge in [-0.05, 0) is 57.1 Å². The van der Waals surface area contributed by atoms with E-state index >= 15 is 0 Å². The van der Waals surface area contributed by atoms with E-state index in [2.05, 4.69) is 25.4 Å². The van der Waals surface area contributed by atoms with Gasteiger partial charge in [0.2, 0.25) is 5.91 Å². The highest BCUT2D eigenvalue weighted by molar-refractivity contribution is 5.81.